The van der Waals surface area contributed by atoms with Crippen LogP contribution in [0.3, 0.4) is 0 Å². The maximum Gasteiger partial charge on any atom is 0.417 e. The first kappa shape index (κ1) is 10.6. The number of ketones is 1. The molecule has 0 aliphatic rings. The Balaban J connectivity index is 2.08. The Morgan fingerprint density at radius 1 is 1.17 bits per heavy atom. The molecule has 0 fully saturated rings. The highest BCUT2D eigenvalue weighted by atomic mass is 16.4. The van der Waals surface area contributed by atoms with E-state index >= 15 is 0 Å². The largest absolute Gasteiger partial charge is 0.458 e. The molecule has 1 aromatic carbocycles. The van der Waals surface area contributed by atoms with E-state index in [1.807, 2.05) is 0 Å². The summed E-state index contributed by atoms with van der Waals surface area (Å²) in [6.07, 6.45) is 0. The molecule has 0 spiro atoms. The number of fused-ring (bicyclic) bond motifs is 1. The number of aromatic nitrogens is 1. The van der Waals surface area contributed by atoms with Gasteiger partial charge in [0, 0.05) is 5.56 Å². The maximum absolute atomic E-state index is 12.1. The standard InChI is InChI=1S/C13H9NO4/c1-7-2-5-10(17-7)12(15)8-3-4-9-11(6-8)18-13(16)14-9/h2-6H,1H3,(H,14,16). The Bertz CT molecular complexity index is 791. The Kier molecular flexibility index (Phi) is 2.19. The van der Waals surface area contributed by atoms with E-state index < -0.39 is 5.76 Å². The lowest BCUT2D eigenvalue weighted by Gasteiger charge is -1.97. The zero-order chi connectivity index (χ0) is 12.7. The van der Waals surface area contributed by atoms with Crippen molar-refractivity contribution in [3.05, 3.63) is 58.0 Å². The summed E-state index contributed by atoms with van der Waals surface area (Å²) in [5.74, 6) is 0.162. The molecule has 3 aromatic rings. The fraction of sp³-hybridized carbons (Fsp3) is 0.0769. The van der Waals surface area contributed by atoms with Crippen molar-refractivity contribution in [3.8, 4) is 0 Å². The van der Waals surface area contributed by atoms with Crippen LogP contribution in [0, 0.1) is 6.92 Å². The van der Waals surface area contributed by atoms with Crippen LogP contribution in [0.25, 0.3) is 11.1 Å². The van der Waals surface area contributed by atoms with Crippen molar-refractivity contribution < 1.29 is 13.6 Å². The number of furan rings is 1. The Hall–Kier alpha value is -2.56. The second-order valence-corrected chi connectivity index (χ2v) is 3.96. The van der Waals surface area contributed by atoms with Crippen molar-refractivity contribution in [1.29, 1.82) is 0 Å². The molecule has 5 heteroatoms. The van der Waals surface area contributed by atoms with Crippen LogP contribution in [0.2, 0.25) is 0 Å². The lowest BCUT2D eigenvalue weighted by atomic mass is 10.1. The van der Waals surface area contributed by atoms with Crippen molar-refractivity contribution in [2.45, 2.75) is 6.92 Å². The zero-order valence-corrected chi connectivity index (χ0v) is 9.52. The maximum atomic E-state index is 12.1. The summed E-state index contributed by atoms with van der Waals surface area (Å²) in [5, 5.41) is 0. The van der Waals surface area contributed by atoms with E-state index in [9.17, 15) is 9.59 Å². The summed E-state index contributed by atoms with van der Waals surface area (Å²) in [7, 11) is 0. The summed E-state index contributed by atoms with van der Waals surface area (Å²) < 4.78 is 10.2. The average Bonchev–Trinajstić information content (AvgIpc) is 2.92. The lowest BCUT2D eigenvalue weighted by Crippen LogP contribution is -1.98. The van der Waals surface area contributed by atoms with Crippen molar-refractivity contribution in [3.63, 3.8) is 0 Å². The van der Waals surface area contributed by atoms with E-state index in [0.717, 1.165) is 0 Å². The molecule has 90 valence electrons. The van der Waals surface area contributed by atoms with Crippen molar-refractivity contribution in [2.24, 2.45) is 0 Å². The third-order valence-corrected chi connectivity index (χ3v) is 2.65. The topological polar surface area (TPSA) is 76.2 Å². The van der Waals surface area contributed by atoms with E-state index in [2.05, 4.69) is 4.98 Å². The number of nitrogens with one attached hydrogen (secondary N) is 1. The number of benzene rings is 1. The molecule has 0 unspecified atom stereocenters. The molecule has 0 bridgehead atoms. The minimum absolute atomic E-state index is 0.242. The molecule has 5 nitrogen and oxygen atoms in total. The van der Waals surface area contributed by atoms with Gasteiger partial charge in [-0.1, -0.05) is 0 Å². The molecule has 0 aliphatic carbocycles. The lowest BCUT2D eigenvalue weighted by molar-refractivity contribution is 0.101. The third kappa shape index (κ3) is 1.66. The van der Waals surface area contributed by atoms with Gasteiger partial charge in [-0.3, -0.25) is 9.78 Å². The molecular weight excluding hydrogens is 234 g/mol. The van der Waals surface area contributed by atoms with E-state index in [1.165, 1.54) is 6.07 Å². The van der Waals surface area contributed by atoms with Gasteiger partial charge in [0.2, 0.25) is 5.78 Å². The van der Waals surface area contributed by atoms with Gasteiger partial charge in [-0.05, 0) is 37.3 Å². The SMILES string of the molecule is Cc1ccc(C(=O)c2ccc3[nH]c(=O)oc3c2)o1. The highest BCUT2D eigenvalue weighted by molar-refractivity contribution is 6.08. The Morgan fingerprint density at radius 3 is 2.72 bits per heavy atom. The summed E-state index contributed by atoms with van der Waals surface area (Å²) >= 11 is 0. The summed E-state index contributed by atoms with van der Waals surface area (Å²) in [4.78, 5) is 25.6. The third-order valence-electron chi connectivity index (χ3n) is 2.65. The number of carbonyl (C=O) groups excluding carboxylic acids is 1. The number of aromatic amines is 1. The zero-order valence-electron chi connectivity index (χ0n) is 9.52. The van der Waals surface area contributed by atoms with Gasteiger partial charge in [0.05, 0.1) is 5.52 Å². The van der Waals surface area contributed by atoms with Crippen LogP contribution in [0.4, 0.5) is 0 Å². The van der Waals surface area contributed by atoms with Crippen LogP contribution in [0.15, 0.2) is 44.0 Å². The molecule has 0 atom stereocenters. The monoisotopic (exact) mass is 243 g/mol. The minimum atomic E-state index is -0.538. The minimum Gasteiger partial charge on any atom is -0.458 e. The van der Waals surface area contributed by atoms with Gasteiger partial charge in [0.25, 0.3) is 0 Å². The van der Waals surface area contributed by atoms with E-state index in [0.29, 0.717) is 22.4 Å². The number of carbonyl (C=O) groups is 1. The van der Waals surface area contributed by atoms with Gasteiger partial charge in [-0.2, -0.15) is 0 Å². The Labute approximate surface area is 101 Å². The molecule has 0 radical (unpaired) electrons. The van der Waals surface area contributed by atoms with Gasteiger partial charge in [-0.25, -0.2) is 4.79 Å². The van der Waals surface area contributed by atoms with Gasteiger partial charge in [0.15, 0.2) is 11.3 Å². The van der Waals surface area contributed by atoms with Crippen LogP contribution in [0.5, 0.6) is 0 Å². The summed E-state index contributed by atoms with van der Waals surface area (Å²) in [6.45, 7) is 1.77. The van der Waals surface area contributed by atoms with Crippen LogP contribution < -0.4 is 5.76 Å². The first-order valence-electron chi connectivity index (χ1n) is 5.37. The van der Waals surface area contributed by atoms with Gasteiger partial charge in [0.1, 0.15) is 5.76 Å². The van der Waals surface area contributed by atoms with Gasteiger partial charge in [-0.15, -0.1) is 0 Å². The molecule has 2 aromatic heterocycles. The number of hydrogen-bond donors (Lipinski definition) is 1. The highest BCUT2D eigenvalue weighted by Gasteiger charge is 2.14. The molecule has 0 amide bonds. The molecule has 18 heavy (non-hydrogen) atoms. The van der Waals surface area contributed by atoms with Crippen molar-refractivity contribution in [1.82, 2.24) is 4.98 Å². The van der Waals surface area contributed by atoms with E-state index in [4.69, 9.17) is 8.83 Å². The predicted octanol–water partition coefficient (Wildman–Crippen LogP) is 2.25. The molecule has 0 saturated carbocycles. The average molecular weight is 243 g/mol. The van der Waals surface area contributed by atoms with Crippen molar-refractivity contribution >= 4 is 16.9 Å². The highest BCUT2D eigenvalue weighted by Crippen LogP contribution is 2.17. The van der Waals surface area contributed by atoms with Crippen molar-refractivity contribution in [2.75, 3.05) is 0 Å². The smallest absolute Gasteiger partial charge is 0.417 e. The quantitative estimate of drug-likeness (QED) is 0.700. The molecule has 1 N–H and O–H groups in total. The number of aryl methyl sites for hydroxylation is 1. The first-order chi connectivity index (χ1) is 8.63. The fourth-order valence-corrected chi connectivity index (χ4v) is 1.79. The second-order valence-electron chi connectivity index (χ2n) is 3.96. The van der Waals surface area contributed by atoms with Crippen LogP contribution in [-0.4, -0.2) is 10.8 Å². The number of rotatable bonds is 2. The normalized spacial score (nSPS) is 10.9. The molecule has 2 heterocycles. The second kappa shape index (κ2) is 3.73. The van der Waals surface area contributed by atoms with E-state index in [1.54, 1.807) is 31.2 Å². The van der Waals surface area contributed by atoms with Gasteiger partial charge >= 0.3 is 5.76 Å². The first-order valence-corrected chi connectivity index (χ1v) is 5.37. The number of H-pyrrole nitrogens is 1. The summed E-state index contributed by atoms with van der Waals surface area (Å²) in [5.41, 5.74) is 1.33. The van der Waals surface area contributed by atoms with Crippen LogP contribution in [0.1, 0.15) is 21.9 Å². The number of hydrogen-bond acceptors (Lipinski definition) is 4. The molecule has 0 aliphatic heterocycles. The Morgan fingerprint density at radius 2 is 2.00 bits per heavy atom. The van der Waals surface area contributed by atoms with Gasteiger partial charge < -0.3 is 8.83 Å². The molecule has 0 saturated heterocycles. The van der Waals surface area contributed by atoms with Crippen LogP contribution in [-0.2, 0) is 0 Å². The van der Waals surface area contributed by atoms with E-state index in [-0.39, 0.29) is 11.5 Å². The fourth-order valence-electron chi connectivity index (χ4n) is 1.79. The predicted molar refractivity (Wildman–Crippen MR) is 63.7 cm³/mol. The molecule has 3 rings (SSSR count). The number of oxazole rings is 1. The molecular formula is C13H9NO4. The van der Waals surface area contributed by atoms with Crippen LogP contribution >= 0.6 is 0 Å². The summed E-state index contributed by atoms with van der Waals surface area (Å²) in [6, 6.07) is 8.11.